The zero-order chi connectivity index (χ0) is 16.0. The van der Waals surface area contributed by atoms with Crippen LogP contribution in [0.4, 0.5) is 0 Å². The first-order valence-corrected chi connectivity index (χ1v) is 9.55. The van der Waals surface area contributed by atoms with Crippen LogP contribution in [0.5, 0.6) is 0 Å². The van der Waals surface area contributed by atoms with Gasteiger partial charge in [0, 0.05) is 19.0 Å². The topological polar surface area (TPSA) is 49.7 Å². The summed E-state index contributed by atoms with van der Waals surface area (Å²) in [6, 6.07) is 8.59. The van der Waals surface area contributed by atoms with Crippen LogP contribution >= 0.6 is 0 Å². The van der Waals surface area contributed by atoms with Crippen LogP contribution in [0, 0.1) is 0 Å². The van der Waals surface area contributed by atoms with Crippen molar-refractivity contribution in [2.24, 2.45) is 4.40 Å². The first-order valence-electron chi connectivity index (χ1n) is 7.94. The maximum absolute atomic E-state index is 11.9. The molecular weight excluding hydrogens is 296 g/mol. The maximum atomic E-state index is 11.9. The molecule has 2 aliphatic rings. The van der Waals surface area contributed by atoms with E-state index in [1.807, 2.05) is 0 Å². The fourth-order valence-electron chi connectivity index (χ4n) is 3.24. The van der Waals surface area contributed by atoms with Gasteiger partial charge in [-0.3, -0.25) is 0 Å². The first-order chi connectivity index (χ1) is 10.3. The summed E-state index contributed by atoms with van der Waals surface area (Å²) in [5.41, 5.74) is 2.60. The van der Waals surface area contributed by atoms with Crippen molar-refractivity contribution in [3.05, 3.63) is 35.4 Å². The van der Waals surface area contributed by atoms with Crippen molar-refractivity contribution >= 4 is 15.9 Å². The van der Waals surface area contributed by atoms with Crippen molar-refractivity contribution in [1.82, 2.24) is 4.90 Å². The number of piperidine rings is 1. The lowest BCUT2D eigenvalue weighted by molar-refractivity contribution is 0.366. The lowest BCUT2D eigenvalue weighted by atomic mass is 9.84. The van der Waals surface area contributed by atoms with Crippen molar-refractivity contribution in [3.8, 4) is 0 Å². The van der Waals surface area contributed by atoms with E-state index in [-0.39, 0.29) is 17.1 Å². The van der Waals surface area contributed by atoms with E-state index in [9.17, 15) is 8.42 Å². The Morgan fingerprint density at radius 1 is 1.14 bits per heavy atom. The molecule has 0 bridgehead atoms. The average molecular weight is 320 g/mol. The molecule has 3 rings (SSSR count). The molecule has 1 fully saturated rings. The fourth-order valence-corrected chi connectivity index (χ4v) is 4.31. The van der Waals surface area contributed by atoms with Crippen LogP contribution in [0.15, 0.2) is 28.7 Å². The summed E-state index contributed by atoms with van der Waals surface area (Å²) in [7, 11) is -3.28. The van der Waals surface area contributed by atoms with Gasteiger partial charge < -0.3 is 4.90 Å². The summed E-state index contributed by atoms with van der Waals surface area (Å²) in [6.07, 6.45) is 2.06. The molecule has 2 heterocycles. The predicted octanol–water partition coefficient (Wildman–Crippen LogP) is 2.91. The molecule has 1 unspecified atom stereocenters. The van der Waals surface area contributed by atoms with Crippen molar-refractivity contribution < 1.29 is 8.42 Å². The lowest BCUT2D eigenvalue weighted by Gasteiger charge is -2.38. The molecule has 4 nitrogen and oxygen atoms in total. The lowest BCUT2D eigenvalue weighted by Crippen LogP contribution is -2.46. The second kappa shape index (κ2) is 5.37. The molecule has 0 aliphatic carbocycles. The molecule has 0 N–H and O–H groups in total. The number of nitrogens with zero attached hydrogens (tertiary/aromatic N) is 2. The second-order valence-corrected chi connectivity index (χ2v) is 9.04. The van der Waals surface area contributed by atoms with E-state index in [0.29, 0.717) is 6.54 Å². The van der Waals surface area contributed by atoms with Gasteiger partial charge in [-0.1, -0.05) is 45.0 Å². The van der Waals surface area contributed by atoms with E-state index < -0.39 is 10.0 Å². The van der Waals surface area contributed by atoms with Crippen LogP contribution in [0.2, 0.25) is 0 Å². The highest BCUT2D eigenvalue weighted by molar-refractivity contribution is 7.90. The van der Waals surface area contributed by atoms with E-state index in [1.54, 1.807) is 0 Å². The summed E-state index contributed by atoms with van der Waals surface area (Å²) < 4.78 is 27.8. The minimum absolute atomic E-state index is 0.109. The van der Waals surface area contributed by atoms with Crippen LogP contribution in [0.3, 0.4) is 0 Å². The van der Waals surface area contributed by atoms with Crippen molar-refractivity contribution in [2.75, 3.05) is 18.8 Å². The fraction of sp³-hybridized carbons (Fsp3) is 0.588. The highest BCUT2D eigenvalue weighted by atomic mass is 32.2. The maximum Gasteiger partial charge on any atom is 0.256 e. The number of benzene rings is 1. The van der Waals surface area contributed by atoms with Gasteiger partial charge in [0.25, 0.3) is 10.0 Å². The summed E-state index contributed by atoms with van der Waals surface area (Å²) in [4.78, 5) is 2.15. The number of fused-ring (bicyclic) bond motifs is 1. The van der Waals surface area contributed by atoms with Gasteiger partial charge in [0.1, 0.15) is 5.84 Å². The third-order valence-electron chi connectivity index (χ3n) is 4.59. The van der Waals surface area contributed by atoms with Gasteiger partial charge in [-0.05, 0) is 29.4 Å². The smallest absolute Gasteiger partial charge is 0.256 e. The summed E-state index contributed by atoms with van der Waals surface area (Å²) >= 11 is 0. The molecule has 1 aromatic carbocycles. The Hall–Kier alpha value is -1.36. The predicted molar refractivity (Wildman–Crippen MR) is 89.9 cm³/mol. The van der Waals surface area contributed by atoms with Crippen LogP contribution in [-0.2, 0) is 15.4 Å². The van der Waals surface area contributed by atoms with Gasteiger partial charge in [0.15, 0.2) is 0 Å². The molecule has 2 aliphatic heterocycles. The molecule has 0 spiro atoms. The minimum atomic E-state index is -3.28. The number of amidine groups is 1. The minimum Gasteiger partial charge on any atom is -0.358 e. The quantitative estimate of drug-likeness (QED) is 0.799. The van der Waals surface area contributed by atoms with Crippen molar-refractivity contribution in [1.29, 1.82) is 0 Å². The Morgan fingerprint density at radius 3 is 2.45 bits per heavy atom. The highest BCUT2D eigenvalue weighted by Crippen LogP contribution is 2.32. The zero-order valence-electron chi connectivity index (χ0n) is 13.5. The van der Waals surface area contributed by atoms with E-state index in [1.165, 1.54) is 11.1 Å². The summed E-state index contributed by atoms with van der Waals surface area (Å²) in [6.45, 7) is 8.09. The third kappa shape index (κ3) is 3.05. The molecule has 0 amide bonds. The standard InChI is InChI=1S/C17H24N2O2S/c1-17(2,3)14-8-6-13(7-9-14)15-5-4-10-19-11-12-22(20,21)18-16(15)19/h6-9,15H,4-5,10-12H2,1-3H3. The summed E-state index contributed by atoms with van der Waals surface area (Å²) in [5.74, 6) is 1.01. The molecule has 22 heavy (non-hydrogen) atoms. The molecule has 0 radical (unpaired) electrons. The monoisotopic (exact) mass is 320 g/mol. The Balaban J connectivity index is 1.95. The molecular formula is C17H24N2O2S. The van der Waals surface area contributed by atoms with Gasteiger partial charge in [0.2, 0.25) is 0 Å². The number of sulfonamides is 1. The van der Waals surface area contributed by atoms with E-state index in [2.05, 4.69) is 54.3 Å². The molecule has 1 atom stereocenters. The summed E-state index contributed by atoms with van der Waals surface area (Å²) in [5, 5.41) is 0. The van der Waals surface area contributed by atoms with E-state index in [0.717, 1.165) is 25.2 Å². The van der Waals surface area contributed by atoms with E-state index >= 15 is 0 Å². The highest BCUT2D eigenvalue weighted by Gasteiger charge is 2.33. The van der Waals surface area contributed by atoms with Crippen LogP contribution in [0.1, 0.15) is 50.7 Å². The first kappa shape index (κ1) is 15.5. The van der Waals surface area contributed by atoms with Crippen LogP contribution in [-0.4, -0.2) is 38.0 Å². The van der Waals surface area contributed by atoms with Gasteiger partial charge in [0.05, 0.1) is 5.75 Å². The number of rotatable bonds is 1. The third-order valence-corrected chi connectivity index (χ3v) is 5.75. The van der Waals surface area contributed by atoms with Gasteiger partial charge >= 0.3 is 0 Å². The Bertz CT molecular complexity index is 684. The van der Waals surface area contributed by atoms with Crippen molar-refractivity contribution in [2.45, 2.75) is 44.9 Å². The van der Waals surface area contributed by atoms with Crippen LogP contribution < -0.4 is 0 Å². The Kier molecular flexibility index (Phi) is 3.79. The molecule has 0 saturated carbocycles. The number of hydrogen-bond donors (Lipinski definition) is 0. The van der Waals surface area contributed by atoms with Crippen LogP contribution in [0.25, 0.3) is 0 Å². The molecule has 5 heteroatoms. The van der Waals surface area contributed by atoms with Gasteiger partial charge in [-0.15, -0.1) is 4.40 Å². The van der Waals surface area contributed by atoms with E-state index in [4.69, 9.17) is 0 Å². The largest absolute Gasteiger partial charge is 0.358 e. The second-order valence-electron chi connectivity index (χ2n) is 7.29. The molecule has 120 valence electrons. The van der Waals surface area contributed by atoms with Gasteiger partial charge in [-0.2, -0.15) is 0 Å². The molecule has 0 aromatic heterocycles. The normalized spacial score (nSPS) is 24.6. The Morgan fingerprint density at radius 2 is 1.82 bits per heavy atom. The molecule has 1 aromatic rings. The molecule has 1 saturated heterocycles. The number of hydrogen-bond acceptors (Lipinski definition) is 3. The van der Waals surface area contributed by atoms with Gasteiger partial charge in [-0.25, -0.2) is 8.42 Å². The Labute approximate surface area is 133 Å². The average Bonchev–Trinajstić information content (AvgIpc) is 2.45. The van der Waals surface area contributed by atoms with Crippen molar-refractivity contribution in [3.63, 3.8) is 0 Å². The zero-order valence-corrected chi connectivity index (χ0v) is 14.4. The SMILES string of the molecule is CC(C)(C)c1ccc(C2CCCN3CCS(=O)(=O)N=C23)cc1.